The van der Waals surface area contributed by atoms with Crippen molar-refractivity contribution in [3.8, 4) is 0 Å². The predicted octanol–water partition coefficient (Wildman–Crippen LogP) is 1.87. The summed E-state index contributed by atoms with van der Waals surface area (Å²) in [6, 6.07) is 10.0. The average molecular weight is 622 g/mol. The highest BCUT2D eigenvalue weighted by molar-refractivity contribution is 7.89. The van der Waals surface area contributed by atoms with Crippen LogP contribution in [-0.2, 0) is 31.5 Å². The fourth-order valence-electron chi connectivity index (χ4n) is 4.58. The second-order valence-corrected chi connectivity index (χ2v) is 12.0. The number of rotatable bonds is 11. The van der Waals surface area contributed by atoms with Gasteiger partial charge in [0, 0.05) is 43.5 Å². The Morgan fingerprint density at radius 3 is 2.48 bits per heavy atom. The van der Waals surface area contributed by atoms with Crippen molar-refractivity contribution >= 4 is 62.2 Å². The molecule has 0 saturated heterocycles. The van der Waals surface area contributed by atoms with Gasteiger partial charge < -0.3 is 20.7 Å². The van der Waals surface area contributed by atoms with Crippen LogP contribution in [0, 0.1) is 13.8 Å². The van der Waals surface area contributed by atoms with Crippen LogP contribution in [0.15, 0.2) is 53.6 Å². The van der Waals surface area contributed by atoms with E-state index in [1.54, 1.807) is 35.7 Å². The van der Waals surface area contributed by atoms with E-state index in [4.69, 9.17) is 10.9 Å². The van der Waals surface area contributed by atoms with Gasteiger partial charge >= 0.3 is 0 Å². The third kappa shape index (κ3) is 6.90. The Morgan fingerprint density at radius 1 is 1.11 bits per heavy atom. The minimum Gasteiger partial charge on any atom is -0.345 e. The van der Waals surface area contributed by atoms with Gasteiger partial charge in [-0.3, -0.25) is 14.3 Å². The molecule has 2 amide bonds. The molecule has 44 heavy (non-hydrogen) atoms. The molecule has 0 saturated carbocycles. The molecule has 0 fully saturated rings. The number of fused-ring (bicyclic) bond motifs is 1. The normalized spacial score (nSPS) is 12.9. The van der Waals surface area contributed by atoms with Crippen molar-refractivity contribution < 1.29 is 22.8 Å². The molecule has 4 rings (SSSR count). The minimum atomic E-state index is -4.13. The molecule has 5 N–H and O–H groups in total. The molecule has 0 aliphatic carbocycles. The number of aryl methyl sites for hydroxylation is 3. The molecule has 2 aromatic heterocycles. The lowest BCUT2D eigenvalue weighted by atomic mass is 10.1. The zero-order valence-corrected chi connectivity index (χ0v) is 25.9. The molecule has 2 atom stereocenters. The SMILES string of the molecule is Cc1ccc(N(C(=O)CC[C@@H](C=O)NC(=O)[C@H](C)N)c2nccc(N(C)c3ccc4c(C)n(C)nc4c3)n2)cc1S(N)(=O)=O. The molecule has 2 heterocycles. The van der Waals surface area contributed by atoms with E-state index in [1.165, 1.54) is 25.3 Å². The highest BCUT2D eigenvalue weighted by atomic mass is 32.2. The van der Waals surface area contributed by atoms with Crippen molar-refractivity contribution in [3.05, 3.63) is 59.9 Å². The monoisotopic (exact) mass is 621 g/mol. The van der Waals surface area contributed by atoms with Crippen molar-refractivity contribution in [2.45, 2.75) is 50.6 Å². The van der Waals surface area contributed by atoms with Gasteiger partial charge in [0.05, 0.1) is 28.2 Å². The van der Waals surface area contributed by atoms with Crippen molar-refractivity contribution in [3.63, 3.8) is 0 Å². The number of primary sulfonamides is 1. The number of carbonyl (C=O) groups is 3. The minimum absolute atomic E-state index is 0.0411. The maximum absolute atomic E-state index is 13.7. The summed E-state index contributed by atoms with van der Waals surface area (Å²) < 4.78 is 26.4. The molecule has 0 aliphatic heterocycles. The predicted molar refractivity (Wildman–Crippen MR) is 166 cm³/mol. The number of benzene rings is 2. The van der Waals surface area contributed by atoms with E-state index in [2.05, 4.69) is 20.4 Å². The van der Waals surface area contributed by atoms with E-state index in [1.807, 2.05) is 32.2 Å². The molecule has 232 valence electrons. The number of nitrogens with two attached hydrogens (primary N) is 2. The van der Waals surface area contributed by atoms with Gasteiger partial charge in [-0.05, 0) is 69.2 Å². The van der Waals surface area contributed by atoms with E-state index in [-0.39, 0.29) is 29.4 Å². The van der Waals surface area contributed by atoms with Gasteiger partial charge in [-0.2, -0.15) is 10.1 Å². The lowest BCUT2D eigenvalue weighted by Gasteiger charge is -2.25. The average Bonchev–Trinajstić information content (AvgIpc) is 3.27. The van der Waals surface area contributed by atoms with Crippen LogP contribution in [0.2, 0.25) is 0 Å². The number of carbonyl (C=O) groups excluding carboxylic acids is 3. The first kappa shape index (κ1) is 32.2. The Balaban J connectivity index is 1.72. The second-order valence-electron chi connectivity index (χ2n) is 10.5. The summed E-state index contributed by atoms with van der Waals surface area (Å²) in [6.07, 6.45) is 1.73. The maximum atomic E-state index is 13.7. The third-order valence-electron chi connectivity index (χ3n) is 7.23. The van der Waals surface area contributed by atoms with Gasteiger partial charge in [0.25, 0.3) is 0 Å². The van der Waals surface area contributed by atoms with Crippen LogP contribution < -0.4 is 26.0 Å². The number of hydrogen-bond donors (Lipinski definition) is 3. The molecule has 0 radical (unpaired) electrons. The number of nitrogens with one attached hydrogen (secondary N) is 1. The summed E-state index contributed by atoms with van der Waals surface area (Å²) in [4.78, 5) is 49.2. The summed E-state index contributed by atoms with van der Waals surface area (Å²) in [5.41, 5.74) is 8.73. The molecular formula is C29H35N9O5S. The van der Waals surface area contributed by atoms with Crippen molar-refractivity contribution in [2.75, 3.05) is 16.8 Å². The maximum Gasteiger partial charge on any atom is 0.238 e. The summed E-state index contributed by atoms with van der Waals surface area (Å²) >= 11 is 0. The van der Waals surface area contributed by atoms with Gasteiger partial charge in [-0.25, -0.2) is 23.4 Å². The number of anilines is 4. The molecule has 0 aliphatic rings. The first-order valence-corrected chi connectivity index (χ1v) is 15.2. The van der Waals surface area contributed by atoms with E-state index in [9.17, 15) is 22.8 Å². The smallest absolute Gasteiger partial charge is 0.238 e. The third-order valence-corrected chi connectivity index (χ3v) is 8.29. The van der Waals surface area contributed by atoms with Gasteiger partial charge in [-0.1, -0.05) is 6.07 Å². The van der Waals surface area contributed by atoms with E-state index in [0.717, 1.165) is 27.2 Å². The van der Waals surface area contributed by atoms with Crippen molar-refractivity contribution in [2.24, 2.45) is 17.9 Å². The van der Waals surface area contributed by atoms with E-state index < -0.39 is 33.9 Å². The molecule has 15 heteroatoms. The van der Waals surface area contributed by atoms with E-state index >= 15 is 0 Å². The zero-order valence-electron chi connectivity index (χ0n) is 25.1. The second kappa shape index (κ2) is 12.9. The lowest BCUT2D eigenvalue weighted by Crippen LogP contribution is -2.45. The quantitative estimate of drug-likeness (QED) is 0.208. The number of aldehydes is 1. The number of amides is 2. The largest absolute Gasteiger partial charge is 0.345 e. The number of hydrogen-bond acceptors (Lipinski definition) is 10. The summed E-state index contributed by atoms with van der Waals surface area (Å²) in [5, 5.41) is 13.5. The first-order chi connectivity index (χ1) is 20.7. The highest BCUT2D eigenvalue weighted by Crippen LogP contribution is 2.31. The van der Waals surface area contributed by atoms with Crippen molar-refractivity contribution in [1.29, 1.82) is 0 Å². The fourth-order valence-corrected chi connectivity index (χ4v) is 5.38. The van der Waals surface area contributed by atoms with Crippen LogP contribution in [0.1, 0.15) is 31.0 Å². The Morgan fingerprint density at radius 2 is 1.82 bits per heavy atom. The lowest BCUT2D eigenvalue weighted by molar-refractivity contribution is -0.125. The Labute approximate surface area is 255 Å². The standard InChI is InChI=1S/C29H35N9O5S/c1-17-6-8-22(15-25(17)44(31,42)43)38(27(40)11-7-20(16-39)33-28(41)18(2)30)29-32-13-12-26(34-29)36(4)21-9-10-23-19(3)37(5)35-24(23)14-21/h6,8-10,12-16,18,20H,7,11,30H2,1-5H3,(H,33,41)(H2,31,42,43)/t18-,20-/m0/s1. The topological polar surface area (TPSA) is 200 Å². The van der Waals surface area contributed by atoms with Crippen LogP contribution in [0.25, 0.3) is 10.9 Å². The van der Waals surface area contributed by atoms with Crippen molar-refractivity contribution in [1.82, 2.24) is 25.1 Å². The van der Waals surface area contributed by atoms with Crippen LogP contribution in [0.3, 0.4) is 0 Å². The molecule has 4 aromatic rings. The van der Waals surface area contributed by atoms with Crippen LogP contribution in [0.4, 0.5) is 23.1 Å². The van der Waals surface area contributed by atoms with Crippen LogP contribution >= 0.6 is 0 Å². The van der Waals surface area contributed by atoms with Crippen LogP contribution in [0.5, 0.6) is 0 Å². The highest BCUT2D eigenvalue weighted by Gasteiger charge is 2.26. The molecule has 0 spiro atoms. The van der Waals surface area contributed by atoms with Gasteiger partial charge in [0.1, 0.15) is 12.1 Å². The summed E-state index contributed by atoms with van der Waals surface area (Å²) in [6.45, 7) is 5.04. The first-order valence-electron chi connectivity index (χ1n) is 13.7. The van der Waals surface area contributed by atoms with Gasteiger partial charge in [-0.15, -0.1) is 0 Å². The number of aromatic nitrogens is 4. The number of sulfonamides is 1. The molecule has 0 unspecified atom stereocenters. The van der Waals surface area contributed by atoms with Crippen LogP contribution in [-0.4, -0.2) is 65.4 Å². The zero-order chi connectivity index (χ0) is 32.3. The molecule has 14 nitrogen and oxygen atoms in total. The fraction of sp³-hybridized carbons (Fsp3) is 0.310. The van der Waals surface area contributed by atoms with Gasteiger partial charge in [0.15, 0.2) is 0 Å². The Bertz CT molecular complexity index is 1840. The molecular weight excluding hydrogens is 586 g/mol. The Hall–Kier alpha value is -4.73. The summed E-state index contributed by atoms with van der Waals surface area (Å²) in [7, 11) is -0.452. The van der Waals surface area contributed by atoms with Gasteiger partial charge in [0.2, 0.25) is 27.8 Å². The molecule has 0 bridgehead atoms. The number of nitrogens with zero attached hydrogens (tertiary/aromatic N) is 6. The Kier molecular flexibility index (Phi) is 9.42. The summed E-state index contributed by atoms with van der Waals surface area (Å²) in [5.74, 6) is -0.698. The van der Waals surface area contributed by atoms with E-state index in [0.29, 0.717) is 17.7 Å². The molecule has 2 aromatic carbocycles.